The van der Waals surface area contributed by atoms with Crippen molar-refractivity contribution in [1.29, 1.82) is 0 Å². The fourth-order valence-corrected chi connectivity index (χ4v) is 4.06. The van der Waals surface area contributed by atoms with E-state index in [1.54, 1.807) is 43.3 Å². The molecule has 1 amide bonds. The molecule has 152 valence electrons. The SMILES string of the molecule is CC(=O)Nc1ccc(C)cc1S(=O)(=O)NCCc1nc(-c2ccc(Cl)cc2)n[nH]1. The Labute approximate surface area is 173 Å². The van der Waals surface area contributed by atoms with Gasteiger partial charge < -0.3 is 5.32 Å². The number of carbonyl (C=O) groups is 1. The van der Waals surface area contributed by atoms with E-state index in [1.807, 2.05) is 0 Å². The van der Waals surface area contributed by atoms with Crippen molar-refractivity contribution in [2.75, 3.05) is 11.9 Å². The molecular formula is C19H20ClN5O3S. The molecule has 8 nitrogen and oxygen atoms in total. The first-order valence-corrected chi connectivity index (χ1v) is 10.7. The molecule has 3 rings (SSSR count). The van der Waals surface area contributed by atoms with Crippen molar-refractivity contribution in [2.45, 2.75) is 25.2 Å². The molecule has 0 aliphatic carbocycles. The van der Waals surface area contributed by atoms with Gasteiger partial charge in [0, 0.05) is 30.5 Å². The van der Waals surface area contributed by atoms with Crippen molar-refractivity contribution in [1.82, 2.24) is 19.9 Å². The molecular weight excluding hydrogens is 414 g/mol. The summed E-state index contributed by atoms with van der Waals surface area (Å²) in [5, 5.41) is 10.1. The standard InChI is InChI=1S/C19H20ClN5O3S/c1-12-3-8-16(22-13(2)26)17(11-12)29(27,28)21-10-9-18-23-19(25-24-18)14-4-6-15(20)7-5-14/h3-8,11,21H,9-10H2,1-2H3,(H,22,26)(H,23,24,25). The number of benzene rings is 2. The van der Waals surface area contributed by atoms with Crippen LogP contribution in [-0.2, 0) is 21.2 Å². The van der Waals surface area contributed by atoms with Crippen molar-refractivity contribution in [2.24, 2.45) is 0 Å². The minimum Gasteiger partial charge on any atom is -0.325 e. The second-order valence-electron chi connectivity index (χ2n) is 6.44. The Hall–Kier alpha value is -2.75. The number of anilines is 1. The van der Waals surface area contributed by atoms with Gasteiger partial charge in [0.1, 0.15) is 10.7 Å². The summed E-state index contributed by atoms with van der Waals surface area (Å²) in [5.41, 5.74) is 1.81. The van der Waals surface area contributed by atoms with Gasteiger partial charge in [0.05, 0.1) is 5.69 Å². The number of aromatic nitrogens is 3. The van der Waals surface area contributed by atoms with E-state index in [1.165, 1.54) is 13.0 Å². The zero-order chi connectivity index (χ0) is 21.0. The van der Waals surface area contributed by atoms with Gasteiger partial charge in [0.25, 0.3) is 0 Å². The summed E-state index contributed by atoms with van der Waals surface area (Å²) < 4.78 is 28.0. The second kappa shape index (κ2) is 8.73. The van der Waals surface area contributed by atoms with Gasteiger partial charge in [-0.15, -0.1) is 0 Å². The average Bonchev–Trinajstić information content (AvgIpc) is 3.12. The van der Waals surface area contributed by atoms with E-state index in [9.17, 15) is 13.2 Å². The molecule has 10 heteroatoms. The van der Waals surface area contributed by atoms with Crippen molar-refractivity contribution >= 4 is 33.2 Å². The van der Waals surface area contributed by atoms with Crippen LogP contribution in [0.1, 0.15) is 18.3 Å². The van der Waals surface area contributed by atoms with Crippen LogP contribution in [0, 0.1) is 6.92 Å². The number of nitrogens with zero attached hydrogens (tertiary/aromatic N) is 2. The molecule has 0 spiro atoms. The molecule has 1 heterocycles. The highest BCUT2D eigenvalue weighted by Crippen LogP contribution is 2.23. The maximum Gasteiger partial charge on any atom is 0.242 e. The minimum atomic E-state index is -3.82. The summed E-state index contributed by atoms with van der Waals surface area (Å²) in [5.74, 6) is 0.705. The van der Waals surface area contributed by atoms with Crippen LogP contribution in [0.15, 0.2) is 47.4 Å². The molecule has 1 aromatic heterocycles. The molecule has 0 aliphatic rings. The third-order valence-corrected chi connectivity index (χ3v) is 5.78. The quantitative estimate of drug-likeness (QED) is 0.529. The van der Waals surface area contributed by atoms with Crippen molar-refractivity contribution in [3.63, 3.8) is 0 Å². The summed E-state index contributed by atoms with van der Waals surface area (Å²) in [7, 11) is -3.82. The van der Waals surface area contributed by atoms with Gasteiger partial charge in [-0.1, -0.05) is 17.7 Å². The Morgan fingerprint density at radius 2 is 1.90 bits per heavy atom. The lowest BCUT2D eigenvalue weighted by molar-refractivity contribution is -0.114. The summed E-state index contributed by atoms with van der Waals surface area (Å²) >= 11 is 5.88. The molecule has 0 bridgehead atoms. The summed E-state index contributed by atoms with van der Waals surface area (Å²) in [6.45, 7) is 3.22. The van der Waals surface area contributed by atoms with E-state index in [4.69, 9.17) is 11.6 Å². The molecule has 0 atom stereocenters. The Bertz CT molecular complexity index is 1130. The maximum absolute atomic E-state index is 12.7. The normalized spacial score (nSPS) is 11.4. The van der Waals surface area contributed by atoms with Crippen LogP contribution in [0.5, 0.6) is 0 Å². The zero-order valence-electron chi connectivity index (χ0n) is 15.9. The number of sulfonamides is 1. The molecule has 2 aromatic carbocycles. The van der Waals surface area contributed by atoms with E-state index < -0.39 is 10.0 Å². The molecule has 3 aromatic rings. The number of aryl methyl sites for hydroxylation is 1. The fraction of sp³-hybridized carbons (Fsp3) is 0.211. The summed E-state index contributed by atoms with van der Waals surface area (Å²) in [4.78, 5) is 15.8. The number of halogens is 1. The molecule has 0 saturated heterocycles. The van der Waals surface area contributed by atoms with Crippen LogP contribution in [0.25, 0.3) is 11.4 Å². The van der Waals surface area contributed by atoms with E-state index in [2.05, 4.69) is 25.2 Å². The van der Waals surface area contributed by atoms with E-state index in [-0.39, 0.29) is 23.0 Å². The number of H-pyrrole nitrogens is 1. The molecule has 0 radical (unpaired) electrons. The fourth-order valence-electron chi connectivity index (χ4n) is 2.66. The lowest BCUT2D eigenvalue weighted by Crippen LogP contribution is -2.27. The summed E-state index contributed by atoms with van der Waals surface area (Å²) in [6.07, 6.45) is 0.321. The topological polar surface area (TPSA) is 117 Å². The highest BCUT2D eigenvalue weighted by molar-refractivity contribution is 7.89. The number of nitrogens with one attached hydrogen (secondary N) is 3. The van der Waals surface area contributed by atoms with Gasteiger partial charge in [-0.2, -0.15) is 5.10 Å². The highest BCUT2D eigenvalue weighted by Gasteiger charge is 2.19. The Balaban J connectivity index is 1.68. The van der Waals surface area contributed by atoms with Gasteiger partial charge in [0.2, 0.25) is 15.9 Å². The molecule has 0 unspecified atom stereocenters. The first-order valence-electron chi connectivity index (χ1n) is 8.80. The van der Waals surface area contributed by atoms with E-state index in [0.29, 0.717) is 23.1 Å². The van der Waals surface area contributed by atoms with Crippen LogP contribution in [0.4, 0.5) is 5.69 Å². The van der Waals surface area contributed by atoms with Gasteiger partial charge >= 0.3 is 0 Å². The summed E-state index contributed by atoms with van der Waals surface area (Å²) in [6, 6.07) is 11.9. The van der Waals surface area contributed by atoms with Crippen molar-refractivity contribution < 1.29 is 13.2 Å². The van der Waals surface area contributed by atoms with Crippen molar-refractivity contribution in [3.05, 3.63) is 58.9 Å². The van der Waals surface area contributed by atoms with Crippen molar-refractivity contribution in [3.8, 4) is 11.4 Å². The van der Waals surface area contributed by atoms with E-state index >= 15 is 0 Å². The van der Waals surface area contributed by atoms with Gasteiger partial charge in [-0.3, -0.25) is 9.89 Å². The molecule has 0 aliphatic heterocycles. The van der Waals surface area contributed by atoms with Crippen LogP contribution in [-0.4, -0.2) is 36.1 Å². The second-order valence-corrected chi connectivity index (χ2v) is 8.61. The highest BCUT2D eigenvalue weighted by atomic mass is 35.5. The number of hydrogen-bond donors (Lipinski definition) is 3. The Kier molecular flexibility index (Phi) is 6.31. The number of rotatable bonds is 7. The predicted molar refractivity (Wildman–Crippen MR) is 111 cm³/mol. The predicted octanol–water partition coefficient (Wildman–Crippen LogP) is 2.91. The first-order chi connectivity index (χ1) is 13.7. The van der Waals surface area contributed by atoms with Gasteiger partial charge in [-0.05, 0) is 48.9 Å². The first kappa shape index (κ1) is 21.0. The lowest BCUT2D eigenvalue weighted by Gasteiger charge is -2.12. The maximum atomic E-state index is 12.7. The zero-order valence-corrected chi connectivity index (χ0v) is 17.4. The molecule has 3 N–H and O–H groups in total. The van der Waals surface area contributed by atoms with Gasteiger partial charge in [0.15, 0.2) is 5.82 Å². The van der Waals surface area contributed by atoms with Crippen LogP contribution < -0.4 is 10.0 Å². The monoisotopic (exact) mass is 433 g/mol. The molecule has 29 heavy (non-hydrogen) atoms. The molecule has 0 saturated carbocycles. The Morgan fingerprint density at radius 3 is 2.59 bits per heavy atom. The largest absolute Gasteiger partial charge is 0.325 e. The molecule has 0 fully saturated rings. The average molecular weight is 434 g/mol. The lowest BCUT2D eigenvalue weighted by atomic mass is 10.2. The third kappa shape index (κ3) is 5.41. The van der Waals surface area contributed by atoms with Crippen LogP contribution in [0.3, 0.4) is 0 Å². The van der Waals surface area contributed by atoms with Gasteiger partial charge in [-0.25, -0.2) is 18.1 Å². The minimum absolute atomic E-state index is 0.0205. The Morgan fingerprint density at radius 1 is 1.17 bits per heavy atom. The smallest absolute Gasteiger partial charge is 0.242 e. The number of carbonyl (C=O) groups excluding carboxylic acids is 1. The van der Waals surface area contributed by atoms with E-state index in [0.717, 1.165) is 11.1 Å². The third-order valence-electron chi connectivity index (χ3n) is 4.03. The van der Waals surface area contributed by atoms with Crippen LogP contribution in [0.2, 0.25) is 5.02 Å². The number of aromatic amines is 1. The van der Waals surface area contributed by atoms with Crippen LogP contribution >= 0.6 is 11.6 Å². The number of amides is 1. The number of hydrogen-bond acceptors (Lipinski definition) is 5.